The normalized spacial score (nSPS) is 36.5. The Hall–Kier alpha value is -4.72. The third-order valence-corrected chi connectivity index (χ3v) is 16.0. The zero-order chi connectivity index (χ0) is 42.6. The highest BCUT2D eigenvalue weighted by Crippen LogP contribution is 2.70. The fraction of sp³-hybridized carbons (Fsp3) is 0.574. The van der Waals surface area contributed by atoms with Gasteiger partial charge in [-0.3, -0.25) is 24.1 Å². The minimum absolute atomic E-state index is 0.00971. The van der Waals surface area contributed by atoms with Gasteiger partial charge < -0.3 is 39.5 Å². The number of nitrogens with one attached hydrogen (secondary N) is 1. The molecule has 10 atom stereocenters. The lowest BCUT2D eigenvalue weighted by Crippen LogP contribution is -2.77. The van der Waals surface area contributed by atoms with E-state index in [-0.39, 0.29) is 12.0 Å². The number of amides is 1. The molecule has 6 heterocycles. The lowest BCUT2D eigenvalue weighted by molar-refractivity contribution is -0.203. The molecule has 1 aliphatic carbocycles. The van der Waals surface area contributed by atoms with Crippen LogP contribution in [-0.2, 0) is 50.6 Å². The number of rotatable bonds is 8. The van der Waals surface area contributed by atoms with Crippen LogP contribution in [0.25, 0.3) is 10.9 Å². The number of hydrogen-bond acceptors (Lipinski definition) is 11. The van der Waals surface area contributed by atoms with E-state index >= 15 is 4.79 Å². The minimum Gasteiger partial charge on any atom is -0.496 e. The first-order valence-corrected chi connectivity index (χ1v) is 21.6. The Balaban J connectivity index is 1.38. The number of fused-ring (bicyclic) bond motifs is 6. The van der Waals surface area contributed by atoms with Crippen molar-refractivity contribution in [3.63, 3.8) is 0 Å². The van der Waals surface area contributed by atoms with Crippen molar-refractivity contribution in [3.8, 4) is 5.75 Å². The Bertz CT molecular complexity index is 2310. The Morgan fingerprint density at radius 3 is 2.43 bits per heavy atom. The fourth-order valence-corrected chi connectivity index (χ4v) is 13.9. The predicted octanol–water partition coefficient (Wildman–Crippen LogP) is 4.76. The maximum Gasteiger partial charge on any atom is 0.322 e. The van der Waals surface area contributed by atoms with Gasteiger partial charge in [-0.1, -0.05) is 44.2 Å². The molecule has 6 aliphatic rings. The molecule has 60 heavy (non-hydrogen) atoms. The smallest absolute Gasteiger partial charge is 0.322 e. The van der Waals surface area contributed by atoms with Crippen LogP contribution >= 0.6 is 0 Å². The number of benzene rings is 2. The summed E-state index contributed by atoms with van der Waals surface area (Å²) in [5.74, 6) is -1.07. The van der Waals surface area contributed by atoms with Gasteiger partial charge in [0.15, 0.2) is 0 Å². The van der Waals surface area contributed by atoms with Crippen LogP contribution in [0.2, 0.25) is 0 Å². The summed E-state index contributed by atoms with van der Waals surface area (Å²) in [5.41, 5.74) is 6.94. The highest BCUT2D eigenvalue weighted by atomic mass is 16.6. The third kappa shape index (κ3) is 5.20. The summed E-state index contributed by atoms with van der Waals surface area (Å²) in [4.78, 5) is 67.3. The van der Waals surface area contributed by atoms with Crippen molar-refractivity contribution in [2.45, 2.75) is 101 Å². The molecule has 2 aromatic carbocycles. The molecule has 2 bridgehead atoms. The van der Waals surface area contributed by atoms with Crippen LogP contribution in [-0.4, -0.2) is 117 Å². The molecule has 2 saturated heterocycles. The van der Waals surface area contributed by atoms with Crippen molar-refractivity contribution in [3.05, 3.63) is 70.9 Å². The maximum absolute atomic E-state index is 15.4. The van der Waals surface area contributed by atoms with E-state index in [4.69, 9.17) is 24.7 Å². The second kappa shape index (κ2) is 14.2. The molecule has 1 saturated carbocycles. The predicted molar refractivity (Wildman–Crippen MR) is 226 cm³/mol. The van der Waals surface area contributed by atoms with E-state index in [2.05, 4.69) is 52.9 Å². The topological polar surface area (TPSA) is 157 Å². The molecule has 13 heteroatoms. The molecular formula is C47H59N5O8. The van der Waals surface area contributed by atoms with Crippen LogP contribution in [0.15, 0.2) is 48.6 Å². The number of esters is 3. The van der Waals surface area contributed by atoms with Crippen LogP contribution in [0.5, 0.6) is 5.75 Å². The number of aromatic amines is 1. The summed E-state index contributed by atoms with van der Waals surface area (Å²) in [6.07, 6.45) is 7.82. The molecule has 3 aromatic rings. The quantitative estimate of drug-likeness (QED) is 0.140. The van der Waals surface area contributed by atoms with Gasteiger partial charge in [0, 0.05) is 83.7 Å². The monoisotopic (exact) mass is 821 g/mol. The fourth-order valence-electron chi connectivity index (χ4n) is 13.9. The summed E-state index contributed by atoms with van der Waals surface area (Å²) >= 11 is 0. The zero-order valence-electron chi connectivity index (χ0n) is 36.0. The van der Waals surface area contributed by atoms with Crippen molar-refractivity contribution < 1.29 is 38.1 Å². The van der Waals surface area contributed by atoms with Crippen LogP contribution in [0.3, 0.4) is 0 Å². The van der Waals surface area contributed by atoms with E-state index in [0.717, 1.165) is 66.6 Å². The molecule has 0 radical (unpaired) electrons. The van der Waals surface area contributed by atoms with Crippen molar-refractivity contribution in [1.82, 2.24) is 14.8 Å². The molecule has 13 nitrogen and oxygen atoms in total. The number of anilines is 1. The SMILES string of the molecule is CC[C@]1(N)C[C@H]2C[N@](CCc3c([nH]c4ccccc34)[C@@](C(=O)OC)(c3cc4c(cc3OC)N(C=O)[C@H]3[C@@](C)(C(=O)OC)[C@@H](OC(C)=O)[C@]5(CC)C=CCN6CC[C@]43[C@@H]65)C2)C1. The van der Waals surface area contributed by atoms with Crippen LogP contribution in [0, 0.1) is 16.7 Å². The molecule has 1 aromatic heterocycles. The average molecular weight is 822 g/mol. The first-order valence-electron chi connectivity index (χ1n) is 21.6. The molecule has 320 valence electrons. The van der Waals surface area contributed by atoms with E-state index in [1.165, 1.54) is 21.1 Å². The Morgan fingerprint density at radius 1 is 0.983 bits per heavy atom. The van der Waals surface area contributed by atoms with E-state index in [1.54, 1.807) is 18.9 Å². The molecule has 1 spiro atoms. The van der Waals surface area contributed by atoms with Crippen molar-refractivity contribution >= 4 is 40.9 Å². The number of nitrogens with zero attached hydrogens (tertiary/aromatic N) is 3. The van der Waals surface area contributed by atoms with Gasteiger partial charge in [-0.25, -0.2) is 0 Å². The van der Waals surface area contributed by atoms with Crippen molar-refractivity contribution in [2.75, 3.05) is 59.0 Å². The number of nitrogens with two attached hydrogens (primary N) is 1. The van der Waals surface area contributed by atoms with E-state index in [0.29, 0.717) is 55.8 Å². The second-order valence-corrected chi connectivity index (χ2v) is 18.7. The summed E-state index contributed by atoms with van der Waals surface area (Å²) < 4.78 is 24.4. The molecule has 5 aliphatic heterocycles. The lowest BCUT2D eigenvalue weighted by atomic mass is 9.45. The third-order valence-electron chi connectivity index (χ3n) is 16.0. The largest absolute Gasteiger partial charge is 0.496 e. The van der Waals surface area contributed by atoms with Crippen LogP contribution in [0.1, 0.15) is 82.2 Å². The Kier molecular flexibility index (Phi) is 9.61. The van der Waals surface area contributed by atoms with Gasteiger partial charge in [-0.2, -0.15) is 0 Å². The number of carbonyl (C=O) groups excluding carboxylic acids is 4. The van der Waals surface area contributed by atoms with Crippen molar-refractivity contribution in [1.29, 1.82) is 0 Å². The van der Waals surface area contributed by atoms with Gasteiger partial charge in [0.05, 0.1) is 33.1 Å². The maximum atomic E-state index is 15.4. The number of para-hydroxylation sites is 1. The first-order chi connectivity index (χ1) is 28.8. The molecular weight excluding hydrogens is 763 g/mol. The van der Waals surface area contributed by atoms with Gasteiger partial charge >= 0.3 is 17.9 Å². The molecule has 1 amide bonds. The highest BCUT2D eigenvalue weighted by molar-refractivity contribution is 5.96. The van der Waals surface area contributed by atoms with E-state index < -0.39 is 57.3 Å². The molecule has 0 unspecified atom stereocenters. The zero-order valence-corrected chi connectivity index (χ0v) is 36.0. The average Bonchev–Trinajstić information content (AvgIpc) is 3.92. The minimum atomic E-state index is -1.52. The molecule has 3 fully saturated rings. The number of hydrogen-bond donors (Lipinski definition) is 2. The van der Waals surface area contributed by atoms with Gasteiger partial charge in [-0.05, 0) is 81.2 Å². The standard InChI is InChI=1S/C47H59N5O8/c1-8-44(48)23-29-24-47(42(56)59-7,37-31(15-19-50(25-29)26-44)30-13-10-11-14-34(30)49-37)33-21-32-35(22-36(33)57-5)52(27-53)38-43(4,41(55)58-6)40(60-28(3)54)45(9-2)16-12-18-51-20-17-46(32,38)39(45)51/h10-14,16,21-22,27,29,38-40,49H,8-9,15,17-20,23-26,48H2,1-7H3/t29-,38+,39+,40-,43-,44+,45-,46+,47+/m1/s1. The van der Waals surface area contributed by atoms with Gasteiger partial charge in [0.1, 0.15) is 22.7 Å². The van der Waals surface area contributed by atoms with Gasteiger partial charge in [-0.15, -0.1) is 0 Å². The Labute approximate surface area is 351 Å². The summed E-state index contributed by atoms with van der Waals surface area (Å²) in [7, 11) is 4.39. The second-order valence-electron chi connectivity index (χ2n) is 18.7. The van der Waals surface area contributed by atoms with Crippen molar-refractivity contribution in [2.24, 2.45) is 22.5 Å². The highest BCUT2D eigenvalue weighted by Gasteiger charge is 2.79. The first kappa shape index (κ1) is 40.7. The number of methoxy groups -OCH3 is 3. The Morgan fingerprint density at radius 2 is 1.75 bits per heavy atom. The molecule has 3 N–H and O–H groups in total. The summed E-state index contributed by atoms with van der Waals surface area (Å²) in [6, 6.07) is 11.1. The van der Waals surface area contributed by atoms with Gasteiger partial charge in [0.2, 0.25) is 6.41 Å². The van der Waals surface area contributed by atoms with Crippen LogP contribution < -0.4 is 15.4 Å². The van der Waals surface area contributed by atoms with Gasteiger partial charge in [0.25, 0.3) is 0 Å². The lowest BCUT2D eigenvalue weighted by Gasteiger charge is -2.64. The number of aromatic nitrogens is 1. The van der Waals surface area contributed by atoms with E-state index in [9.17, 15) is 14.4 Å². The number of ether oxygens (including phenoxy) is 4. The number of piperidine rings is 1. The number of H-pyrrole nitrogens is 1. The van der Waals surface area contributed by atoms with E-state index in [1.807, 2.05) is 24.3 Å². The number of carbonyl (C=O) groups is 4. The summed E-state index contributed by atoms with van der Waals surface area (Å²) in [6.45, 7) is 11.0. The summed E-state index contributed by atoms with van der Waals surface area (Å²) in [5, 5.41) is 1.05. The molecule has 9 rings (SSSR count). The van der Waals surface area contributed by atoms with Crippen LogP contribution in [0.4, 0.5) is 5.69 Å².